The minimum absolute atomic E-state index is 0.0462. The number of hydrogen-bond acceptors (Lipinski definition) is 2. The summed E-state index contributed by atoms with van der Waals surface area (Å²) in [6.07, 6.45) is 2.75. The molecule has 0 amide bonds. The summed E-state index contributed by atoms with van der Waals surface area (Å²) >= 11 is 0. The highest BCUT2D eigenvalue weighted by molar-refractivity contribution is 5.80. The Balaban J connectivity index is 2.26. The molecule has 2 nitrogen and oxygen atoms in total. The van der Waals surface area contributed by atoms with Gasteiger partial charge in [0.1, 0.15) is 0 Å². The third-order valence-corrected chi connectivity index (χ3v) is 4.17. The van der Waals surface area contributed by atoms with Gasteiger partial charge in [-0.25, -0.2) is 0 Å². The molecule has 17 heavy (non-hydrogen) atoms. The van der Waals surface area contributed by atoms with E-state index in [1.165, 1.54) is 29.4 Å². The first-order valence-electron chi connectivity index (χ1n) is 6.14. The highest BCUT2D eigenvalue weighted by atomic mass is 16.5. The summed E-state index contributed by atoms with van der Waals surface area (Å²) in [5, 5.41) is 0. The Hall–Kier alpha value is -1.31. The van der Waals surface area contributed by atoms with Crippen molar-refractivity contribution in [1.29, 1.82) is 0 Å². The zero-order valence-electron chi connectivity index (χ0n) is 11.1. The van der Waals surface area contributed by atoms with Crippen molar-refractivity contribution in [3.8, 4) is 0 Å². The second-order valence-electron chi connectivity index (χ2n) is 5.24. The van der Waals surface area contributed by atoms with Gasteiger partial charge in [-0.05, 0) is 62.3 Å². The minimum Gasteiger partial charge on any atom is -0.469 e. The molecular weight excluding hydrogens is 212 g/mol. The maximum absolute atomic E-state index is 11.7. The lowest BCUT2D eigenvalue weighted by molar-refractivity contribution is -0.147. The van der Waals surface area contributed by atoms with Crippen molar-refractivity contribution in [3.05, 3.63) is 34.4 Å². The number of aryl methyl sites for hydroxylation is 1. The number of carbonyl (C=O) groups is 1. The molecule has 2 heteroatoms. The van der Waals surface area contributed by atoms with E-state index in [1.54, 1.807) is 0 Å². The van der Waals surface area contributed by atoms with Gasteiger partial charge in [0.15, 0.2) is 0 Å². The molecule has 92 valence electrons. The Bertz CT molecular complexity index is 456. The first-order valence-corrected chi connectivity index (χ1v) is 6.14. The highest BCUT2D eigenvalue weighted by Gasteiger charge is 2.50. The first kappa shape index (κ1) is 12.2. The van der Waals surface area contributed by atoms with E-state index in [2.05, 4.69) is 32.9 Å². The van der Waals surface area contributed by atoms with Crippen molar-refractivity contribution in [2.75, 3.05) is 7.11 Å². The lowest BCUT2D eigenvalue weighted by atomic mass is 9.90. The highest BCUT2D eigenvalue weighted by Crippen LogP contribution is 2.49. The number of carbonyl (C=O) groups excluding carboxylic acids is 1. The van der Waals surface area contributed by atoms with E-state index in [4.69, 9.17) is 4.74 Å². The van der Waals surface area contributed by atoms with Gasteiger partial charge in [-0.3, -0.25) is 4.79 Å². The van der Waals surface area contributed by atoms with E-state index in [-0.39, 0.29) is 11.4 Å². The molecule has 1 aromatic carbocycles. The topological polar surface area (TPSA) is 26.3 Å². The molecule has 0 atom stereocenters. The monoisotopic (exact) mass is 232 g/mol. The molecule has 0 radical (unpaired) electrons. The molecule has 0 aliphatic heterocycles. The van der Waals surface area contributed by atoms with Gasteiger partial charge in [0, 0.05) is 0 Å². The predicted octanol–water partition coefficient (Wildman–Crippen LogP) is 3.11. The van der Waals surface area contributed by atoms with Gasteiger partial charge in [-0.1, -0.05) is 12.1 Å². The van der Waals surface area contributed by atoms with Crippen LogP contribution in [0.25, 0.3) is 0 Å². The second-order valence-corrected chi connectivity index (χ2v) is 5.24. The Kier molecular flexibility index (Phi) is 2.98. The molecule has 1 aromatic rings. The van der Waals surface area contributed by atoms with Gasteiger partial charge in [0.05, 0.1) is 12.5 Å². The summed E-state index contributed by atoms with van der Waals surface area (Å²) in [4.78, 5) is 11.7. The standard InChI is InChI=1S/C15H20O2/c1-10-5-6-13(12(3)11(10)2)9-15(7-8-15)14(16)17-4/h5-6H,7-9H2,1-4H3. The van der Waals surface area contributed by atoms with Gasteiger partial charge < -0.3 is 4.74 Å². The van der Waals surface area contributed by atoms with Crippen LogP contribution in [0, 0.1) is 26.2 Å². The Morgan fingerprint density at radius 2 is 1.88 bits per heavy atom. The van der Waals surface area contributed by atoms with Crippen LogP contribution in [0.1, 0.15) is 35.1 Å². The lowest BCUT2D eigenvalue weighted by Gasteiger charge is -2.16. The van der Waals surface area contributed by atoms with Crippen LogP contribution in [0.4, 0.5) is 0 Å². The van der Waals surface area contributed by atoms with E-state index in [0.29, 0.717) is 0 Å². The predicted molar refractivity (Wildman–Crippen MR) is 68.0 cm³/mol. The van der Waals surface area contributed by atoms with E-state index < -0.39 is 0 Å². The molecule has 1 aliphatic rings. The molecule has 1 saturated carbocycles. The van der Waals surface area contributed by atoms with Crippen LogP contribution >= 0.6 is 0 Å². The number of rotatable bonds is 3. The number of methoxy groups -OCH3 is 1. The molecule has 0 N–H and O–H groups in total. The summed E-state index contributed by atoms with van der Waals surface area (Å²) in [6.45, 7) is 6.41. The number of benzene rings is 1. The van der Waals surface area contributed by atoms with Crippen LogP contribution < -0.4 is 0 Å². The Morgan fingerprint density at radius 1 is 1.24 bits per heavy atom. The van der Waals surface area contributed by atoms with Crippen molar-refractivity contribution in [2.45, 2.75) is 40.0 Å². The Morgan fingerprint density at radius 3 is 2.41 bits per heavy atom. The summed E-state index contributed by atoms with van der Waals surface area (Å²) < 4.78 is 4.90. The van der Waals surface area contributed by atoms with E-state index in [9.17, 15) is 4.79 Å². The van der Waals surface area contributed by atoms with Crippen molar-refractivity contribution in [3.63, 3.8) is 0 Å². The Labute approximate surface area is 103 Å². The van der Waals surface area contributed by atoms with Crippen molar-refractivity contribution >= 4 is 5.97 Å². The van der Waals surface area contributed by atoms with Gasteiger partial charge in [0.2, 0.25) is 0 Å². The molecule has 0 heterocycles. The third kappa shape index (κ3) is 2.08. The van der Waals surface area contributed by atoms with Crippen LogP contribution in [-0.4, -0.2) is 13.1 Å². The van der Waals surface area contributed by atoms with Crippen LogP contribution in [-0.2, 0) is 16.0 Å². The number of esters is 1. The summed E-state index contributed by atoms with van der Waals surface area (Å²) in [7, 11) is 1.48. The quantitative estimate of drug-likeness (QED) is 0.748. The van der Waals surface area contributed by atoms with E-state index >= 15 is 0 Å². The van der Waals surface area contributed by atoms with Crippen molar-refractivity contribution in [2.24, 2.45) is 5.41 Å². The molecule has 1 fully saturated rings. The zero-order chi connectivity index (χ0) is 12.6. The van der Waals surface area contributed by atoms with Gasteiger partial charge >= 0.3 is 5.97 Å². The van der Waals surface area contributed by atoms with Gasteiger partial charge in [-0.15, -0.1) is 0 Å². The average molecular weight is 232 g/mol. The maximum Gasteiger partial charge on any atom is 0.312 e. The van der Waals surface area contributed by atoms with E-state index in [1.807, 2.05) is 0 Å². The van der Waals surface area contributed by atoms with Crippen LogP contribution in [0.3, 0.4) is 0 Å². The molecule has 0 spiro atoms. The average Bonchev–Trinajstić information content (AvgIpc) is 3.10. The fraction of sp³-hybridized carbons (Fsp3) is 0.533. The molecule has 0 saturated heterocycles. The molecule has 0 bridgehead atoms. The second kappa shape index (κ2) is 4.17. The fourth-order valence-corrected chi connectivity index (χ4v) is 2.39. The third-order valence-electron chi connectivity index (χ3n) is 4.17. The van der Waals surface area contributed by atoms with E-state index in [0.717, 1.165) is 19.3 Å². The molecule has 0 unspecified atom stereocenters. The van der Waals surface area contributed by atoms with Crippen LogP contribution in [0.15, 0.2) is 12.1 Å². The van der Waals surface area contributed by atoms with Crippen molar-refractivity contribution < 1.29 is 9.53 Å². The lowest BCUT2D eigenvalue weighted by Crippen LogP contribution is -2.20. The van der Waals surface area contributed by atoms with Gasteiger partial charge in [-0.2, -0.15) is 0 Å². The zero-order valence-corrected chi connectivity index (χ0v) is 11.1. The van der Waals surface area contributed by atoms with Crippen LogP contribution in [0.2, 0.25) is 0 Å². The first-order chi connectivity index (χ1) is 8.00. The smallest absolute Gasteiger partial charge is 0.312 e. The number of ether oxygens (including phenoxy) is 1. The molecule has 2 rings (SSSR count). The molecule has 1 aliphatic carbocycles. The largest absolute Gasteiger partial charge is 0.469 e. The molecular formula is C15H20O2. The molecule has 0 aromatic heterocycles. The van der Waals surface area contributed by atoms with Gasteiger partial charge in [0.25, 0.3) is 0 Å². The SMILES string of the molecule is COC(=O)C1(Cc2ccc(C)c(C)c2C)CC1. The number of hydrogen-bond donors (Lipinski definition) is 0. The summed E-state index contributed by atoms with van der Waals surface area (Å²) in [5.74, 6) is -0.0462. The summed E-state index contributed by atoms with van der Waals surface area (Å²) in [6, 6.07) is 4.30. The normalized spacial score (nSPS) is 16.7. The maximum atomic E-state index is 11.7. The fourth-order valence-electron chi connectivity index (χ4n) is 2.39. The van der Waals surface area contributed by atoms with Crippen LogP contribution in [0.5, 0.6) is 0 Å². The summed E-state index contributed by atoms with van der Waals surface area (Å²) in [5.41, 5.74) is 5.04. The minimum atomic E-state index is -0.221. The van der Waals surface area contributed by atoms with Crippen molar-refractivity contribution in [1.82, 2.24) is 0 Å².